The van der Waals surface area contributed by atoms with Crippen molar-refractivity contribution in [2.75, 3.05) is 52.8 Å². The lowest BCUT2D eigenvalue weighted by Crippen LogP contribution is -2.43. The highest BCUT2D eigenvalue weighted by atomic mass is 32.2. The molecule has 2 aromatic carbocycles. The number of anilines is 1. The maximum atomic E-state index is 13.8. The molecule has 0 N–H and O–H groups in total. The number of benzene rings is 2. The van der Waals surface area contributed by atoms with Crippen LogP contribution in [0.1, 0.15) is 49.4 Å². The molecule has 1 amide bonds. The highest BCUT2D eigenvalue weighted by Crippen LogP contribution is 2.38. The van der Waals surface area contributed by atoms with Crippen LogP contribution < -0.4 is 14.4 Å². The molecule has 0 aliphatic carbocycles. The molecule has 9 nitrogen and oxygen atoms in total. The third kappa shape index (κ3) is 6.37. The lowest BCUT2D eigenvalue weighted by atomic mass is 10.0. The van der Waals surface area contributed by atoms with Gasteiger partial charge in [0.15, 0.2) is 16.6 Å². The van der Waals surface area contributed by atoms with Gasteiger partial charge in [-0.1, -0.05) is 24.7 Å². The van der Waals surface area contributed by atoms with E-state index in [1.165, 1.54) is 11.3 Å². The number of carbonyl (C=O) groups is 1. The molecule has 212 valence electrons. The summed E-state index contributed by atoms with van der Waals surface area (Å²) in [6, 6.07) is 10.0. The van der Waals surface area contributed by atoms with Crippen LogP contribution in [0.2, 0.25) is 0 Å². The summed E-state index contributed by atoms with van der Waals surface area (Å²) in [7, 11) is 3.52. The fraction of sp³-hybridized carbons (Fsp3) is 0.500. The average molecular weight is 575 g/mol. The average Bonchev–Trinajstić information content (AvgIpc) is 3.36. The van der Waals surface area contributed by atoms with Crippen molar-refractivity contribution in [3.8, 4) is 11.5 Å². The van der Waals surface area contributed by atoms with Gasteiger partial charge in [0, 0.05) is 36.8 Å². The first-order valence-corrected chi connectivity index (χ1v) is 15.6. The Morgan fingerprint density at radius 2 is 1.77 bits per heavy atom. The van der Waals surface area contributed by atoms with Crippen LogP contribution in [0.25, 0.3) is 10.2 Å². The Labute approximate surface area is 235 Å². The van der Waals surface area contributed by atoms with Gasteiger partial charge in [0.05, 0.1) is 29.3 Å². The molecule has 1 aliphatic heterocycles. The van der Waals surface area contributed by atoms with E-state index in [1.54, 1.807) is 53.8 Å². The van der Waals surface area contributed by atoms with Crippen LogP contribution in [0, 0.1) is 0 Å². The summed E-state index contributed by atoms with van der Waals surface area (Å²) in [5, 5.41) is 0.569. The molecule has 1 fully saturated rings. The number of nitrogens with zero attached hydrogens (tertiary/aromatic N) is 4. The van der Waals surface area contributed by atoms with E-state index in [9.17, 15) is 13.2 Å². The first kappa shape index (κ1) is 29.3. The summed E-state index contributed by atoms with van der Waals surface area (Å²) in [6.45, 7) is 3.84. The lowest BCUT2D eigenvalue weighted by molar-refractivity contribution is 0.0986. The number of aromatic nitrogens is 1. The van der Waals surface area contributed by atoms with Crippen LogP contribution >= 0.6 is 11.3 Å². The van der Waals surface area contributed by atoms with E-state index in [1.807, 2.05) is 27.1 Å². The van der Waals surface area contributed by atoms with E-state index < -0.39 is 10.0 Å². The number of piperidine rings is 1. The van der Waals surface area contributed by atoms with E-state index in [4.69, 9.17) is 14.5 Å². The van der Waals surface area contributed by atoms with E-state index in [0.717, 1.165) is 43.3 Å². The number of methoxy groups -OCH3 is 2. The van der Waals surface area contributed by atoms with Gasteiger partial charge in [-0.3, -0.25) is 9.69 Å². The van der Waals surface area contributed by atoms with Crippen LogP contribution in [-0.4, -0.2) is 82.5 Å². The Morgan fingerprint density at radius 1 is 1.08 bits per heavy atom. The molecule has 0 spiro atoms. The number of ether oxygens (including phenoxy) is 2. The molecular formula is C28H38N4O5S2. The predicted molar refractivity (Wildman–Crippen MR) is 156 cm³/mol. The van der Waals surface area contributed by atoms with Crippen molar-refractivity contribution in [2.24, 2.45) is 0 Å². The number of thiazole rings is 1. The van der Waals surface area contributed by atoms with Crippen LogP contribution in [0.3, 0.4) is 0 Å². The number of rotatable bonds is 11. The number of fused-ring (bicyclic) bond motifs is 1. The zero-order valence-electron chi connectivity index (χ0n) is 23.3. The van der Waals surface area contributed by atoms with Crippen LogP contribution in [0.4, 0.5) is 5.13 Å². The summed E-state index contributed by atoms with van der Waals surface area (Å²) < 4.78 is 40.2. The largest absolute Gasteiger partial charge is 0.493 e. The Morgan fingerprint density at radius 3 is 2.41 bits per heavy atom. The summed E-state index contributed by atoms with van der Waals surface area (Å²) in [5.41, 5.74) is 1.13. The second-order valence-electron chi connectivity index (χ2n) is 9.98. The zero-order valence-corrected chi connectivity index (χ0v) is 25.0. The van der Waals surface area contributed by atoms with Crippen molar-refractivity contribution in [1.82, 2.24) is 14.2 Å². The molecule has 2 heterocycles. The Hall–Kier alpha value is -2.73. The molecule has 1 unspecified atom stereocenters. The van der Waals surface area contributed by atoms with E-state index in [0.29, 0.717) is 40.8 Å². The van der Waals surface area contributed by atoms with E-state index in [-0.39, 0.29) is 16.8 Å². The van der Waals surface area contributed by atoms with Gasteiger partial charge < -0.3 is 14.4 Å². The molecule has 39 heavy (non-hydrogen) atoms. The molecule has 1 aliphatic rings. The second-order valence-corrected chi connectivity index (χ2v) is 12.9. The standard InChI is InChI=1S/C28H38N4O5S2/c1-6-21-10-7-8-17-32(21)39(34,35)22-13-11-20(12-14-22)27(33)31(16-9-15-30(2)3)28-29-23-18-24(36-4)25(37-5)19-26(23)38-28/h11-14,18-19,21H,6-10,15-17H2,1-5H3. The topological polar surface area (TPSA) is 92.3 Å². The van der Waals surface area contributed by atoms with Gasteiger partial charge in [0.2, 0.25) is 10.0 Å². The summed E-state index contributed by atoms with van der Waals surface area (Å²) in [6.07, 6.45) is 4.34. The number of carbonyl (C=O) groups excluding carboxylic acids is 1. The van der Waals surface area contributed by atoms with E-state index >= 15 is 0 Å². The quantitative estimate of drug-likeness (QED) is 0.323. The summed E-state index contributed by atoms with van der Waals surface area (Å²) in [5.74, 6) is 0.949. The number of amides is 1. The van der Waals surface area contributed by atoms with Gasteiger partial charge in [0.25, 0.3) is 5.91 Å². The maximum absolute atomic E-state index is 13.8. The minimum atomic E-state index is -3.62. The number of hydrogen-bond acceptors (Lipinski definition) is 8. The van der Waals surface area contributed by atoms with Crippen LogP contribution in [-0.2, 0) is 10.0 Å². The predicted octanol–water partition coefficient (Wildman–Crippen LogP) is 4.87. The Kier molecular flexibility index (Phi) is 9.47. The SMILES string of the molecule is CCC1CCCCN1S(=O)(=O)c1ccc(C(=O)N(CCCN(C)C)c2nc3cc(OC)c(OC)cc3s2)cc1. The van der Waals surface area contributed by atoms with Gasteiger partial charge in [0.1, 0.15) is 0 Å². The Balaban J connectivity index is 1.63. The van der Waals surface area contributed by atoms with Gasteiger partial charge in [-0.25, -0.2) is 13.4 Å². The number of sulfonamides is 1. The van der Waals surface area contributed by atoms with Crippen molar-refractivity contribution >= 4 is 42.6 Å². The molecular weight excluding hydrogens is 536 g/mol. The first-order chi connectivity index (χ1) is 18.7. The molecule has 1 atom stereocenters. The van der Waals surface area contributed by atoms with Gasteiger partial charge >= 0.3 is 0 Å². The molecule has 4 rings (SSSR count). The fourth-order valence-electron chi connectivity index (χ4n) is 4.95. The number of hydrogen-bond donors (Lipinski definition) is 0. The summed E-state index contributed by atoms with van der Waals surface area (Å²) >= 11 is 1.41. The van der Waals surface area contributed by atoms with Crippen LogP contribution in [0.5, 0.6) is 11.5 Å². The third-order valence-electron chi connectivity index (χ3n) is 7.10. The minimum Gasteiger partial charge on any atom is -0.493 e. The van der Waals surface area contributed by atoms with Crippen molar-refractivity contribution < 1.29 is 22.7 Å². The van der Waals surface area contributed by atoms with Gasteiger partial charge in [-0.2, -0.15) is 4.31 Å². The van der Waals surface area contributed by atoms with Gasteiger partial charge in [-0.05, 0) is 70.6 Å². The van der Waals surface area contributed by atoms with Gasteiger partial charge in [-0.15, -0.1) is 0 Å². The van der Waals surface area contributed by atoms with Crippen molar-refractivity contribution in [1.29, 1.82) is 0 Å². The summed E-state index contributed by atoms with van der Waals surface area (Å²) in [4.78, 5) is 22.5. The molecule has 1 saturated heterocycles. The minimum absolute atomic E-state index is 0.0218. The van der Waals surface area contributed by atoms with Crippen molar-refractivity contribution in [3.05, 3.63) is 42.0 Å². The molecule has 0 radical (unpaired) electrons. The maximum Gasteiger partial charge on any atom is 0.260 e. The monoisotopic (exact) mass is 574 g/mol. The normalized spacial score (nSPS) is 16.5. The van der Waals surface area contributed by atoms with Crippen molar-refractivity contribution in [2.45, 2.75) is 50.0 Å². The van der Waals surface area contributed by atoms with Crippen molar-refractivity contribution in [3.63, 3.8) is 0 Å². The van der Waals surface area contributed by atoms with Crippen LogP contribution in [0.15, 0.2) is 41.3 Å². The second kappa shape index (κ2) is 12.6. The molecule has 11 heteroatoms. The molecule has 0 saturated carbocycles. The lowest BCUT2D eigenvalue weighted by Gasteiger charge is -2.34. The first-order valence-electron chi connectivity index (χ1n) is 13.3. The molecule has 0 bridgehead atoms. The molecule has 1 aromatic heterocycles. The highest BCUT2D eigenvalue weighted by Gasteiger charge is 2.32. The van der Waals surface area contributed by atoms with E-state index in [2.05, 4.69) is 4.90 Å². The highest BCUT2D eigenvalue weighted by molar-refractivity contribution is 7.89. The molecule has 3 aromatic rings. The Bertz CT molecular complexity index is 1350. The zero-order chi connectivity index (χ0) is 28.2. The third-order valence-corrected chi connectivity index (χ3v) is 10.1. The fourth-order valence-corrected chi connectivity index (χ4v) is 7.71. The smallest absolute Gasteiger partial charge is 0.260 e.